The number of piperazine rings is 1. The van der Waals surface area contributed by atoms with Crippen LogP contribution in [0, 0.1) is 0 Å². The van der Waals surface area contributed by atoms with Gasteiger partial charge in [-0.3, -0.25) is 9.69 Å². The molecule has 132 valence electrons. The number of fused-ring (bicyclic) bond motifs is 1. The van der Waals surface area contributed by atoms with E-state index >= 15 is 0 Å². The lowest BCUT2D eigenvalue weighted by Gasteiger charge is -2.36. The highest BCUT2D eigenvalue weighted by molar-refractivity contribution is 5.80. The van der Waals surface area contributed by atoms with Gasteiger partial charge in [0, 0.05) is 51.5 Å². The van der Waals surface area contributed by atoms with Crippen LogP contribution in [-0.4, -0.2) is 58.0 Å². The Hall–Kier alpha value is -2.34. The normalized spacial score (nSPS) is 18.7. The lowest BCUT2D eigenvalue weighted by atomic mass is 10.1. The molecule has 6 nitrogen and oxygen atoms in total. The zero-order valence-corrected chi connectivity index (χ0v) is 14.6. The molecule has 3 heterocycles. The monoisotopic (exact) mass is 340 g/mol. The minimum absolute atomic E-state index is 0.173. The van der Waals surface area contributed by atoms with E-state index in [1.54, 1.807) is 12.5 Å². The third kappa shape index (κ3) is 3.39. The molecule has 1 fully saturated rings. The number of nitrogens with zero attached hydrogens (tertiary/aromatic N) is 4. The zero-order valence-electron chi connectivity index (χ0n) is 14.6. The molecule has 6 heteroatoms. The van der Waals surface area contributed by atoms with E-state index in [0.29, 0.717) is 0 Å². The molecule has 2 aliphatic heterocycles. The van der Waals surface area contributed by atoms with Crippen molar-refractivity contribution in [1.29, 1.82) is 0 Å². The average molecular weight is 340 g/mol. The Bertz CT molecular complexity index is 736. The molecule has 0 N–H and O–H groups in total. The second-order valence-electron chi connectivity index (χ2n) is 6.83. The minimum atomic E-state index is -0.189. The second kappa shape index (κ2) is 6.88. The lowest BCUT2D eigenvalue weighted by Crippen LogP contribution is -2.49. The molecule has 0 saturated carbocycles. The highest BCUT2D eigenvalue weighted by Crippen LogP contribution is 2.26. The van der Waals surface area contributed by atoms with Crippen LogP contribution in [0.25, 0.3) is 0 Å². The van der Waals surface area contributed by atoms with Crippen molar-refractivity contribution in [2.24, 2.45) is 0 Å². The molecule has 1 atom stereocenters. The summed E-state index contributed by atoms with van der Waals surface area (Å²) in [4.78, 5) is 21.1. The van der Waals surface area contributed by atoms with Crippen molar-refractivity contribution < 1.29 is 9.53 Å². The van der Waals surface area contributed by atoms with Crippen molar-refractivity contribution in [2.75, 3.05) is 32.8 Å². The van der Waals surface area contributed by atoms with Crippen LogP contribution in [0.15, 0.2) is 36.9 Å². The number of amides is 1. The number of hydrogen-bond acceptors (Lipinski definition) is 4. The number of hydrogen-bond donors (Lipinski definition) is 0. The van der Waals surface area contributed by atoms with E-state index < -0.39 is 0 Å². The third-order valence-electron chi connectivity index (χ3n) is 5.17. The molecule has 25 heavy (non-hydrogen) atoms. The van der Waals surface area contributed by atoms with Crippen molar-refractivity contribution >= 4 is 5.91 Å². The van der Waals surface area contributed by atoms with E-state index in [9.17, 15) is 4.79 Å². The summed E-state index contributed by atoms with van der Waals surface area (Å²) in [6.45, 7) is 7.06. The van der Waals surface area contributed by atoms with Crippen LogP contribution in [0.3, 0.4) is 0 Å². The summed E-state index contributed by atoms with van der Waals surface area (Å²) in [6, 6.07) is 6.32. The van der Waals surface area contributed by atoms with Gasteiger partial charge in [0.2, 0.25) is 5.91 Å². The van der Waals surface area contributed by atoms with Gasteiger partial charge in [-0.1, -0.05) is 12.1 Å². The Kier molecular flexibility index (Phi) is 4.44. The van der Waals surface area contributed by atoms with E-state index in [1.807, 2.05) is 22.6 Å². The number of ether oxygens (including phenoxy) is 1. The minimum Gasteiger partial charge on any atom is -0.493 e. The fraction of sp³-hybridized carbons (Fsp3) is 0.474. The highest BCUT2D eigenvalue weighted by atomic mass is 16.5. The summed E-state index contributed by atoms with van der Waals surface area (Å²) in [6.07, 6.45) is 6.27. The highest BCUT2D eigenvalue weighted by Gasteiger charge is 2.25. The second-order valence-corrected chi connectivity index (χ2v) is 6.83. The molecule has 0 aliphatic carbocycles. The van der Waals surface area contributed by atoms with Crippen LogP contribution in [0.2, 0.25) is 0 Å². The summed E-state index contributed by atoms with van der Waals surface area (Å²) in [5.41, 5.74) is 2.65. The maximum atomic E-state index is 12.6. The van der Waals surface area contributed by atoms with Gasteiger partial charge >= 0.3 is 0 Å². The Balaban J connectivity index is 1.31. The average Bonchev–Trinajstić information content (AvgIpc) is 3.32. The van der Waals surface area contributed by atoms with Gasteiger partial charge in [-0.2, -0.15) is 0 Å². The fourth-order valence-electron chi connectivity index (χ4n) is 3.61. The quantitative estimate of drug-likeness (QED) is 0.850. The first-order chi connectivity index (χ1) is 12.2. The Labute approximate surface area is 148 Å². The Morgan fingerprint density at radius 3 is 2.88 bits per heavy atom. The van der Waals surface area contributed by atoms with Gasteiger partial charge in [0.25, 0.3) is 0 Å². The molecule has 4 rings (SSSR count). The first kappa shape index (κ1) is 16.1. The number of rotatable bonds is 4. The molecule has 1 saturated heterocycles. The van der Waals surface area contributed by atoms with Crippen molar-refractivity contribution in [3.63, 3.8) is 0 Å². The third-order valence-corrected chi connectivity index (χ3v) is 5.17. The first-order valence-electron chi connectivity index (χ1n) is 8.94. The SMILES string of the molecule is C[C@H](C(=O)N1CCN(Cc2ccc3c(c2)CCO3)CC1)n1ccnc1. The van der Waals surface area contributed by atoms with E-state index in [1.165, 1.54) is 11.1 Å². The molecule has 0 unspecified atom stereocenters. The van der Waals surface area contributed by atoms with Crippen LogP contribution in [0.5, 0.6) is 5.75 Å². The number of carbonyl (C=O) groups is 1. The molecule has 1 aromatic heterocycles. The van der Waals surface area contributed by atoms with Gasteiger partial charge in [-0.15, -0.1) is 0 Å². The zero-order chi connectivity index (χ0) is 17.2. The maximum Gasteiger partial charge on any atom is 0.245 e. The van der Waals surface area contributed by atoms with Crippen molar-refractivity contribution in [1.82, 2.24) is 19.4 Å². The van der Waals surface area contributed by atoms with Crippen LogP contribution >= 0.6 is 0 Å². The summed E-state index contributed by atoms with van der Waals surface area (Å²) >= 11 is 0. The van der Waals surface area contributed by atoms with Crippen LogP contribution < -0.4 is 4.74 Å². The standard InChI is InChI=1S/C19H24N4O2/c1-15(23-6-5-20-14-23)19(24)22-9-7-21(8-10-22)13-16-2-3-18-17(12-16)4-11-25-18/h2-3,5-6,12,14-15H,4,7-11,13H2,1H3/t15-/m1/s1. The lowest BCUT2D eigenvalue weighted by molar-refractivity contribution is -0.136. The molecular formula is C19H24N4O2. The number of imidazole rings is 1. The van der Waals surface area contributed by atoms with Gasteiger partial charge in [-0.25, -0.2) is 4.98 Å². The topological polar surface area (TPSA) is 50.6 Å². The molecule has 0 bridgehead atoms. The van der Waals surface area contributed by atoms with Gasteiger partial charge in [0.15, 0.2) is 0 Å². The van der Waals surface area contributed by atoms with Gasteiger partial charge in [0.05, 0.1) is 12.9 Å². The van der Waals surface area contributed by atoms with Gasteiger partial charge < -0.3 is 14.2 Å². The van der Waals surface area contributed by atoms with Crippen LogP contribution in [0.4, 0.5) is 0 Å². The smallest absolute Gasteiger partial charge is 0.245 e. The summed E-state index contributed by atoms with van der Waals surface area (Å²) in [7, 11) is 0. The molecule has 0 radical (unpaired) electrons. The predicted octanol–water partition coefficient (Wildman–Crippen LogP) is 1.72. The molecule has 0 spiro atoms. The molecule has 1 aromatic carbocycles. The van der Waals surface area contributed by atoms with Crippen LogP contribution in [-0.2, 0) is 17.8 Å². The fourth-order valence-corrected chi connectivity index (χ4v) is 3.61. The van der Waals surface area contributed by atoms with Crippen molar-refractivity contribution in [2.45, 2.75) is 25.9 Å². The van der Waals surface area contributed by atoms with Crippen molar-refractivity contribution in [3.05, 3.63) is 48.0 Å². The molecular weight excluding hydrogens is 316 g/mol. The largest absolute Gasteiger partial charge is 0.493 e. The van der Waals surface area contributed by atoms with E-state index in [-0.39, 0.29) is 11.9 Å². The van der Waals surface area contributed by atoms with Gasteiger partial charge in [0.1, 0.15) is 11.8 Å². The Morgan fingerprint density at radius 2 is 2.12 bits per heavy atom. The summed E-state index contributed by atoms with van der Waals surface area (Å²) in [5.74, 6) is 1.21. The molecule has 2 aliphatic rings. The first-order valence-corrected chi connectivity index (χ1v) is 8.94. The number of benzene rings is 1. The Morgan fingerprint density at radius 1 is 1.28 bits per heavy atom. The summed E-state index contributed by atoms with van der Waals surface area (Å²) < 4.78 is 7.44. The molecule has 2 aromatic rings. The van der Waals surface area contributed by atoms with Crippen LogP contribution in [0.1, 0.15) is 24.1 Å². The maximum absolute atomic E-state index is 12.6. The van der Waals surface area contributed by atoms with Crippen molar-refractivity contribution in [3.8, 4) is 5.75 Å². The van der Waals surface area contributed by atoms with E-state index in [0.717, 1.165) is 51.5 Å². The van der Waals surface area contributed by atoms with Gasteiger partial charge in [-0.05, 0) is 24.1 Å². The van der Waals surface area contributed by atoms with E-state index in [2.05, 4.69) is 28.1 Å². The summed E-state index contributed by atoms with van der Waals surface area (Å²) in [5, 5.41) is 0. The predicted molar refractivity (Wildman–Crippen MR) is 94.4 cm³/mol. The number of aromatic nitrogens is 2. The number of carbonyl (C=O) groups excluding carboxylic acids is 1. The van der Waals surface area contributed by atoms with E-state index in [4.69, 9.17) is 4.74 Å². The molecule has 1 amide bonds.